The number of nitrogens with zero attached hydrogens (tertiary/aromatic N) is 1. The van der Waals surface area contributed by atoms with Gasteiger partial charge in [0.25, 0.3) is 5.91 Å². The predicted molar refractivity (Wildman–Crippen MR) is 99.3 cm³/mol. The van der Waals surface area contributed by atoms with Gasteiger partial charge in [-0.3, -0.25) is 14.5 Å². The molecule has 1 N–H and O–H groups in total. The van der Waals surface area contributed by atoms with Crippen molar-refractivity contribution in [1.29, 1.82) is 0 Å². The summed E-state index contributed by atoms with van der Waals surface area (Å²) in [4.78, 5) is 39.0. The number of urea groups is 1. The molecule has 0 bridgehead atoms. The van der Waals surface area contributed by atoms with Gasteiger partial charge in [0.15, 0.2) is 5.78 Å². The van der Waals surface area contributed by atoms with Crippen molar-refractivity contribution in [2.45, 2.75) is 26.3 Å². The molecule has 5 nitrogen and oxygen atoms in total. The Balaban J connectivity index is 1.89. The lowest BCUT2D eigenvalue weighted by atomic mass is 9.92. The van der Waals surface area contributed by atoms with Crippen LogP contribution in [0.1, 0.15) is 34.0 Å². The number of amides is 3. The van der Waals surface area contributed by atoms with Crippen molar-refractivity contribution in [2.75, 3.05) is 6.54 Å². The molecule has 1 aliphatic rings. The summed E-state index contributed by atoms with van der Waals surface area (Å²) in [6.07, 6.45) is 0. The van der Waals surface area contributed by atoms with E-state index >= 15 is 0 Å². The molecule has 26 heavy (non-hydrogen) atoms. The molecule has 3 amide bonds. The fourth-order valence-corrected chi connectivity index (χ4v) is 3.48. The Bertz CT molecular complexity index is 925. The van der Waals surface area contributed by atoms with E-state index in [1.54, 1.807) is 37.3 Å². The van der Waals surface area contributed by atoms with Gasteiger partial charge in [-0.1, -0.05) is 47.5 Å². The lowest BCUT2D eigenvalue weighted by Gasteiger charge is -2.23. The molecule has 1 atom stereocenters. The van der Waals surface area contributed by atoms with Crippen LogP contribution < -0.4 is 5.32 Å². The molecule has 0 spiro atoms. The highest BCUT2D eigenvalue weighted by Gasteiger charge is 2.50. The van der Waals surface area contributed by atoms with E-state index in [-0.39, 0.29) is 12.3 Å². The third-order valence-corrected chi connectivity index (χ3v) is 5.01. The molecule has 6 heteroatoms. The number of ketones is 1. The SMILES string of the molecule is Cc1ccc(C)c(C(=O)CN2C(=O)N[C@](C)(c3ccccc3Cl)C2=O)c1. The van der Waals surface area contributed by atoms with Gasteiger partial charge < -0.3 is 5.32 Å². The summed E-state index contributed by atoms with van der Waals surface area (Å²) in [7, 11) is 0. The van der Waals surface area contributed by atoms with Gasteiger partial charge in [-0.05, 0) is 38.5 Å². The van der Waals surface area contributed by atoms with Crippen LogP contribution in [-0.2, 0) is 10.3 Å². The van der Waals surface area contributed by atoms with Gasteiger partial charge in [0.2, 0.25) is 0 Å². The van der Waals surface area contributed by atoms with Gasteiger partial charge in [0.1, 0.15) is 5.54 Å². The smallest absolute Gasteiger partial charge is 0.319 e. The summed E-state index contributed by atoms with van der Waals surface area (Å²) in [6, 6.07) is 11.8. The number of aryl methyl sites for hydroxylation is 2. The van der Waals surface area contributed by atoms with Gasteiger partial charge in [-0.25, -0.2) is 4.79 Å². The maximum absolute atomic E-state index is 12.9. The van der Waals surface area contributed by atoms with Gasteiger partial charge in [0.05, 0.1) is 6.54 Å². The molecule has 3 rings (SSSR count). The minimum atomic E-state index is -1.29. The molecule has 2 aromatic rings. The summed E-state index contributed by atoms with van der Waals surface area (Å²) in [6.45, 7) is 5.00. The number of benzene rings is 2. The van der Waals surface area contributed by atoms with E-state index in [9.17, 15) is 14.4 Å². The number of Topliss-reactive ketones (excluding diaryl/α,β-unsaturated/α-hetero) is 1. The largest absolute Gasteiger partial charge is 0.325 e. The van der Waals surface area contributed by atoms with Crippen LogP contribution in [0.3, 0.4) is 0 Å². The Labute approximate surface area is 156 Å². The summed E-state index contributed by atoms with van der Waals surface area (Å²) in [5.41, 5.74) is 1.47. The molecule has 0 aromatic heterocycles. The van der Waals surface area contributed by atoms with Crippen molar-refractivity contribution in [3.05, 3.63) is 69.7 Å². The van der Waals surface area contributed by atoms with E-state index in [0.29, 0.717) is 16.1 Å². The zero-order valence-corrected chi connectivity index (χ0v) is 15.6. The van der Waals surface area contributed by atoms with Crippen molar-refractivity contribution in [1.82, 2.24) is 10.2 Å². The lowest BCUT2D eigenvalue weighted by molar-refractivity contribution is -0.130. The fourth-order valence-electron chi connectivity index (χ4n) is 3.15. The Morgan fingerprint density at radius 2 is 1.85 bits per heavy atom. The maximum atomic E-state index is 12.9. The standard InChI is InChI=1S/C20H19ClN2O3/c1-12-8-9-13(2)14(10-12)17(24)11-23-18(25)20(3,22-19(23)26)15-6-4-5-7-16(15)21/h4-10H,11H2,1-3H3,(H,22,26)/t20-/m1/s1. The van der Waals surface area contributed by atoms with Crippen LogP contribution in [0.25, 0.3) is 0 Å². The average molecular weight is 371 g/mol. The third kappa shape index (κ3) is 2.99. The summed E-state index contributed by atoms with van der Waals surface area (Å²) in [5, 5.41) is 3.05. The monoisotopic (exact) mass is 370 g/mol. The van der Waals surface area contributed by atoms with Crippen LogP contribution in [0.15, 0.2) is 42.5 Å². The highest BCUT2D eigenvalue weighted by molar-refractivity contribution is 6.32. The second-order valence-electron chi connectivity index (χ2n) is 6.67. The number of nitrogens with one attached hydrogen (secondary N) is 1. The molecule has 1 saturated heterocycles. The second-order valence-corrected chi connectivity index (χ2v) is 7.08. The van der Waals surface area contributed by atoms with Crippen LogP contribution in [0.5, 0.6) is 0 Å². The van der Waals surface area contributed by atoms with E-state index in [1.165, 1.54) is 0 Å². The molecule has 0 unspecified atom stereocenters. The normalized spacial score (nSPS) is 19.6. The molecular formula is C20H19ClN2O3. The Morgan fingerprint density at radius 3 is 2.54 bits per heavy atom. The number of hydrogen-bond donors (Lipinski definition) is 1. The quantitative estimate of drug-likeness (QED) is 0.660. The van der Waals surface area contributed by atoms with Gasteiger partial charge in [-0.2, -0.15) is 0 Å². The van der Waals surface area contributed by atoms with Gasteiger partial charge >= 0.3 is 6.03 Å². The number of carbonyl (C=O) groups is 3. The first kappa shape index (κ1) is 18.1. The van der Waals surface area contributed by atoms with Crippen molar-refractivity contribution >= 4 is 29.3 Å². The first-order chi connectivity index (χ1) is 12.2. The molecule has 0 radical (unpaired) electrons. The maximum Gasteiger partial charge on any atom is 0.325 e. The Kier molecular flexibility index (Phi) is 4.59. The molecule has 134 valence electrons. The molecular weight excluding hydrogens is 352 g/mol. The number of halogens is 1. The molecule has 0 saturated carbocycles. The van der Waals surface area contributed by atoms with Crippen molar-refractivity contribution < 1.29 is 14.4 Å². The van der Waals surface area contributed by atoms with Crippen LogP contribution in [0, 0.1) is 13.8 Å². The van der Waals surface area contributed by atoms with Crippen molar-refractivity contribution in [2.24, 2.45) is 0 Å². The second kappa shape index (κ2) is 6.57. The molecule has 2 aromatic carbocycles. The lowest BCUT2D eigenvalue weighted by Crippen LogP contribution is -2.41. The molecule has 0 aliphatic carbocycles. The highest BCUT2D eigenvalue weighted by Crippen LogP contribution is 2.33. The highest BCUT2D eigenvalue weighted by atomic mass is 35.5. The van der Waals surface area contributed by atoms with E-state index in [1.807, 2.05) is 26.0 Å². The first-order valence-electron chi connectivity index (χ1n) is 8.23. The zero-order chi connectivity index (χ0) is 19.1. The topological polar surface area (TPSA) is 66.5 Å². The van der Waals surface area contributed by atoms with Crippen LogP contribution in [0.4, 0.5) is 4.79 Å². The molecule has 1 fully saturated rings. The van der Waals surface area contributed by atoms with E-state index in [2.05, 4.69) is 5.32 Å². The first-order valence-corrected chi connectivity index (χ1v) is 8.61. The number of rotatable bonds is 4. The number of hydrogen-bond acceptors (Lipinski definition) is 3. The Hall–Kier alpha value is -2.66. The summed E-state index contributed by atoms with van der Waals surface area (Å²) in [5.74, 6) is -0.771. The minimum absolute atomic E-state index is 0.280. The van der Waals surface area contributed by atoms with Crippen LogP contribution in [-0.4, -0.2) is 29.2 Å². The van der Waals surface area contributed by atoms with E-state index in [0.717, 1.165) is 16.0 Å². The van der Waals surface area contributed by atoms with Gasteiger partial charge in [-0.15, -0.1) is 0 Å². The summed E-state index contributed by atoms with van der Waals surface area (Å²) < 4.78 is 0. The number of imide groups is 1. The van der Waals surface area contributed by atoms with Crippen molar-refractivity contribution in [3.63, 3.8) is 0 Å². The third-order valence-electron chi connectivity index (χ3n) is 4.68. The minimum Gasteiger partial charge on any atom is -0.319 e. The fraction of sp³-hybridized carbons (Fsp3) is 0.250. The van der Waals surface area contributed by atoms with Crippen molar-refractivity contribution in [3.8, 4) is 0 Å². The Morgan fingerprint density at radius 1 is 1.15 bits per heavy atom. The number of carbonyl (C=O) groups excluding carboxylic acids is 3. The zero-order valence-electron chi connectivity index (χ0n) is 14.8. The van der Waals surface area contributed by atoms with Gasteiger partial charge in [0, 0.05) is 16.1 Å². The molecule has 1 heterocycles. The predicted octanol–water partition coefficient (Wildman–Crippen LogP) is 3.61. The van der Waals surface area contributed by atoms with Crippen LogP contribution >= 0.6 is 11.6 Å². The molecule has 1 aliphatic heterocycles. The van der Waals surface area contributed by atoms with E-state index < -0.39 is 17.5 Å². The van der Waals surface area contributed by atoms with E-state index in [4.69, 9.17) is 11.6 Å². The average Bonchev–Trinajstić information content (AvgIpc) is 2.81. The van der Waals surface area contributed by atoms with Crippen LogP contribution in [0.2, 0.25) is 5.02 Å². The summed E-state index contributed by atoms with van der Waals surface area (Å²) >= 11 is 6.21.